The Morgan fingerprint density at radius 3 is 2.52 bits per heavy atom. The van der Waals surface area contributed by atoms with Crippen LogP contribution < -0.4 is 10.2 Å². The van der Waals surface area contributed by atoms with Crippen LogP contribution in [-0.2, 0) is 4.79 Å². The van der Waals surface area contributed by atoms with Crippen LogP contribution in [0.25, 0.3) is 0 Å². The van der Waals surface area contributed by atoms with Crippen molar-refractivity contribution in [2.45, 2.75) is 38.2 Å². The van der Waals surface area contributed by atoms with E-state index in [1.165, 1.54) is 12.1 Å². The Bertz CT molecular complexity index is 529. The van der Waals surface area contributed by atoms with Crippen molar-refractivity contribution in [1.82, 2.24) is 10.2 Å². The summed E-state index contributed by atoms with van der Waals surface area (Å²) in [6.45, 7) is 5.48. The fourth-order valence-corrected chi connectivity index (χ4v) is 3.89. The lowest BCUT2D eigenvalue weighted by Crippen LogP contribution is -2.47. The molecule has 1 heterocycles. The molecular formula is C20H31N3O2. The second-order valence-electron chi connectivity index (χ2n) is 7.33. The molecule has 2 fully saturated rings. The maximum absolute atomic E-state index is 12.1. The molecule has 5 heteroatoms. The third kappa shape index (κ3) is 5.44. The van der Waals surface area contributed by atoms with Gasteiger partial charge in [0.25, 0.3) is 0 Å². The van der Waals surface area contributed by atoms with Gasteiger partial charge in [0.15, 0.2) is 0 Å². The highest BCUT2D eigenvalue weighted by atomic mass is 16.3. The van der Waals surface area contributed by atoms with Crippen molar-refractivity contribution in [3.05, 3.63) is 30.3 Å². The van der Waals surface area contributed by atoms with Gasteiger partial charge in [-0.15, -0.1) is 0 Å². The minimum absolute atomic E-state index is 0.114. The molecule has 0 spiro atoms. The van der Waals surface area contributed by atoms with E-state index < -0.39 is 0 Å². The molecule has 1 amide bonds. The number of anilines is 1. The van der Waals surface area contributed by atoms with Crippen LogP contribution in [0.5, 0.6) is 0 Å². The molecule has 25 heavy (non-hydrogen) atoms. The number of rotatable bonds is 6. The molecule has 138 valence electrons. The molecule has 2 N–H and O–H groups in total. The molecule has 0 bridgehead atoms. The van der Waals surface area contributed by atoms with Crippen LogP contribution >= 0.6 is 0 Å². The van der Waals surface area contributed by atoms with E-state index in [0.717, 1.165) is 52.0 Å². The van der Waals surface area contributed by atoms with Gasteiger partial charge >= 0.3 is 0 Å². The average molecular weight is 345 g/mol. The lowest BCUT2D eigenvalue weighted by molar-refractivity contribution is -0.121. The van der Waals surface area contributed by atoms with Crippen molar-refractivity contribution >= 4 is 11.6 Å². The maximum atomic E-state index is 12.1. The van der Waals surface area contributed by atoms with Gasteiger partial charge in [0.05, 0.1) is 6.10 Å². The van der Waals surface area contributed by atoms with Gasteiger partial charge in [-0.25, -0.2) is 0 Å². The predicted molar refractivity (Wildman–Crippen MR) is 101 cm³/mol. The fourth-order valence-electron chi connectivity index (χ4n) is 3.89. The number of nitrogens with one attached hydrogen (secondary N) is 1. The molecule has 3 rings (SSSR count). The number of carbonyl (C=O) groups is 1. The Morgan fingerprint density at radius 1 is 1.08 bits per heavy atom. The van der Waals surface area contributed by atoms with Gasteiger partial charge in [-0.1, -0.05) is 31.0 Å². The van der Waals surface area contributed by atoms with Crippen LogP contribution in [0, 0.1) is 5.92 Å². The van der Waals surface area contributed by atoms with Crippen LogP contribution in [0.4, 0.5) is 5.69 Å². The summed E-state index contributed by atoms with van der Waals surface area (Å²) in [7, 11) is 0. The van der Waals surface area contributed by atoms with Crippen molar-refractivity contribution in [3.63, 3.8) is 0 Å². The van der Waals surface area contributed by atoms with Gasteiger partial charge < -0.3 is 15.3 Å². The van der Waals surface area contributed by atoms with Gasteiger partial charge in [0, 0.05) is 57.3 Å². The minimum Gasteiger partial charge on any atom is -0.393 e. The normalized spacial score (nSPS) is 24.9. The van der Waals surface area contributed by atoms with Crippen molar-refractivity contribution in [3.8, 4) is 0 Å². The van der Waals surface area contributed by atoms with Crippen LogP contribution in [-0.4, -0.2) is 61.3 Å². The Morgan fingerprint density at radius 2 is 1.80 bits per heavy atom. The van der Waals surface area contributed by atoms with Gasteiger partial charge in [-0.05, 0) is 25.0 Å². The molecule has 1 aliphatic heterocycles. The van der Waals surface area contributed by atoms with Crippen LogP contribution in [0.2, 0.25) is 0 Å². The van der Waals surface area contributed by atoms with E-state index >= 15 is 0 Å². The highest BCUT2D eigenvalue weighted by Crippen LogP contribution is 2.23. The molecule has 2 aliphatic rings. The highest BCUT2D eigenvalue weighted by molar-refractivity contribution is 5.76. The van der Waals surface area contributed by atoms with E-state index in [2.05, 4.69) is 39.4 Å². The number of benzene rings is 1. The third-order valence-corrected chi connectivity index (χ3v) is 5.58. The first kappa shape index (κ1) is 18.2. The highest BCUT2D eigenvalue weighted by Gasteiger charge is 2.23. The largest absolute Gasteiger partial charge is 0.393 e. The molecule has 1 saturated heterocycles. The second kappa shape index (κ2) is 9.20. The first-order chi connectivity index (χ1) is 12.2. The number of nitrogens with zero attached hydrogens (tertiary/aromatic N) is 2. The van der Waals surface area contributed by atoms with Crippen molar-refractivity contribution in [2.24, 2.45) is 5.92 Å². The number of hydrogen-bond donors (Lipinski definition) is 2. The van der Waals surface area contributed by atoms with Crippen LogP contribution in [0.1, 0.15) is 32.1 Å². The number of piperazine rings is 1. The lowest BCUT2D eigenvalue weighted by atomic mass is 9.86. The number of carbonyl (C=O) groups excluding carboxylic acids is 1. The standard InChI is InChI=1S/C20H31N3O2/c24-19-9-5-4-6-17(19)16-21-20(25)10-11-22-12-14-23(15-13-22)18-7-2-1-3-8-18/h1-3,7-8,17,19,24H,4-6,9-16H2,(H,21,25). The molecule has 5 nitrogen and oxygen atoms in total. The molecule has 2 atom stereocenters. The summed E-state index contributed by atoms with van der Waals surface area (Å²) in [6.07, 6.45) is 4.51. The smallest absolute Gasteiger partial charge is 0.221 e. The van der Waals surface area contributed by atoms with Crippen LogP contribution in [0.15, 0.2) is 30.3 Å². The molecule has 0 aromatic heterocycles. The summed E-state index contributed by atoms with van der Waals surface area (Å²) in [5, 5.41) is 13.0. The predicted octanol–water partition coefficient (Wildman–Crippen LogP) is 1.87. The molecule has 1 aromatic rings. The van der Waals surface area contributed by atoms with Gasteiger partial charge in [-0.2, -0.15) is 0 Å². The number of aliphatic hydroxyl groups is 1. The molecule has 1 saturated carbocycles. The molecule has 1 aromatic carbocycles. The Balaban J connectivity index is 1.32. The second-order valence-corrected chi connectivity index (χ2v) is 7.33. The lowest BCUT2D eigenvalue weighted by Gasteiger charge is -2.36. The Kier molecular flexibility index (Phi) is 6.70. The van der Waals surface area contributed by atoms with E-state index in [0.29, 0.717) is 13.0 Å². The first-order valence-electron chi connectivity index (χ1n) is 9.69. The Labute approximate surface area is 151 Å². The summed E-state index contributed by atoms with van der Waals surface area (Å²) in [5.74, 6) is 0.357. The monoisotopic (exact) mass is 345 g/mol. The fraction of sp³-hybridized carbons (Fsp3) is 0.650. The summed E-state index contributed by atoms with van der Waals surface area (Å²) >= 11 is 0. The molecular weight excluding hydrogens is 314 g/mol. The summed E-state index contributed by atoms with van der Waals surface area (Å²) < 4.78 is 0. The summed E-state index contributed by atoms with van der Waals surface area (Å²) in [4.78, 5) is 16.9. The zero-order chi connectivity index (χ0) is 17.5. The van der Waals surface area contributed by atoms with E-state index in [1.807, 2.05) is 6.07 Å². The van der Waals surface area contributed by atoms with Gasteiger partial charge in [-0.3, -0.25) is 9.69 Å². The summed E-state index contributed by atoms with van der Waals surface area (Å²) in [5.41, 5.74) is 1.28. The molecule has 1 aliphatic carbocycles. The number of aliphatic hydroxyl groups excluding tert-OH is 1. The van der Waals surface area contributed by atoms with E-state index in [1.54, 1.807) is 0 Å². The molecule has 0 radical (unpaired) electrons. The minimum atomic E-state index is -0.236. The van der Waals surface area contributed by atoms with Crippen molar-refractivity contribution in [2.75, 3.05) is 44.2 Å². The first-order valence-corrected chi connectivity index (χ1v) is 9.69. The number of para-hydroxylation sites is 1. The van der Waals surface area contributed by atoms with Gasteiger partial charge in [0.1, 0.15) is 0 Å². The Hall–Kier alpha value is -1.59. The van der Waals surface area contributed by atoms with Crippen molar-refractivity contribution in [1.29, 1.82) is 0 Å². The third-order valence-electron chi connectivity index (χ3n) is 5.58. The van der Waals surface area contributed by atoms with E-state index in [-0.39, 0.29) is 17.9 Å². The van der Waals surface area contributed by atoms with Crippen molar-refractivity contribution < 1.29 is 9.90 Å². The number of hydrogen-bond acceptors (Lipinski definition) is 4. The van der Waals surface area contributed by atoms with E-state index in [4.69, 9.17) is 0 Å². The molecule has 2 unspecified atom stereocenters. The number of amides is 1. The zero-order valence-electron chi connectivity index (χ0n) is 15.1. The topological polar surface area (TPSA) is 55.8 Å². The van der Waals surface area contributed by atoms with E-state index in [9.17, 15) is 9.90 Å². The maximum Gasteiger partial charge on any atom is 0.221 e. The van der Waals surface area contributed by atoms with Crippen LogP contribution in [0.3, 0.4) is 0 Å². The summed E-state index contributed by atoms with van der Waals surface area (Å²) in [6, 6.07) is 10.5. The van der Waals surface area contributed by atoms with Gasteiger partial charge in [0.2, 0.25) is 5.91 Å². The quantitative estimate of drug-likeness (QED) is 0.826. The zero-order valence-corrected chi connectivity index (χ0v) is 15.1. The SMILES string of the molecule is O=C(CCN1CCN(c2ccccc2)CC1)NCC1CCCCC1O. The average Bonchev–Trinajstić information content (AvgIpc) is 2.67.